The van der Waals surface area contributed by atoms with E-state index in [0.29, 0.717) is 5.92 Å². The third-order valence-electron chi connectivity index (χ3n) is 3.33. The first-order valence-corrected chi connectivity index (χ1v) is 4.37. The summed E-state index contributed by atoms with van der Waals surface area (Å²) in [5.74, 6) is 0.675. The molecule has 11 heavy (non-hydrogen) atoms. The number of nitro groups is 1. The molecule has 62 valence electrons. The van der Waals surface area contributed by atoms with Crippen LogP contribution in [0.5, 0.6) is 0 Å². The van der Waals surface area contributed by atoms with Crippen molar-refractivity contribution in [3.8, 4) is 0 Å². The van der Waals surface area contributed by atoms with Gasteiger partial charge >= 0.3 is 0 Å². The molecule has 2 bridgehead atoms. The zero-order valence-electron chi connectivity index (χ0n) is 6.58. The normalized spacial score (nSPS) is 42.4. The average molecular weight is 155 g/mol. The van der Waals surface area contributed by atoms with E-state index < -0.39 is 5.54 Å². The second-order valence-electron chi connectivity index (χ2n) is 3.98. The predicted molar refractivity (Wildman–Crippen MR) is 40.9 cm³/mol. The maximum absolute atomic E-state index is 10.7. The first-order valence-electron chi connectivity index (χ1n) is 4.37. The number of hydrogen-bond acceptors (Lipinski definition) is 2. The maximum atomic E-state index is 10.7. The molecule has 3 nitrogen and oxygen atoms in total. The fourth-order valence-corrected chi connectivity index (χ4v) is 2.66. The lowest BCUT2D eigenvalue weighted by atomic mass is 9.84. The van der Waals surface area contributed by atoms with E-state index in [0.717, 1.165) is 32.1 Å². The zero-order valence-corrected chi connectivity index (χ0v) is 6.58. The van der Waals surface area contributed by atoms with Gasteiger partial charge in [0.15, 0.2) is 0 Å². The standard InChI is InChI=1S/C8H13NO2/c10-9(11)8-4-1-2-7(6-8)3-5-8/h7H,1-6H2. The molecule has 2 fully saturated rings. The van der Waals surface area contributed by atoms with Crippen LogP contribution in [-0.2, 0) is 0 Å². The minimum absolute atomic E-state index is 0.0217. The predicted octanol–water partition coefficient (Wildman–Crippen LogP) is 1.99. The van der Waals surface area contributed by atoms with E-state index in [1.165, 1.54) is 6.42 Å². The Labute approximate surface area is 65.9 Å². The van der Waals surface area contributed by atoms with Crippen LogP contribution in [-0.4, -0.2) is 10.5 Å². The van der Waals surface area contributed by atoms with Crippen molar-refractivity contribution in [3.63, 3.8) is 0 Å². The van der Waals surface area contributed by atoms with E-state index in [9.17, 15) is 10.1 Å². The molecule has 3 heteroatoms. The molecule has 2 atom stereocenters. The molecule has 0 heterocycles. The topological polar surface area (TPSA) is 43.1 Å². The van der Waals surface area contributed by atoms with Gasteiger partial charge in [-0.15, -0.1) is 0 Å². The van der Waals surface area contributed by atoms with Gasteiger partial charge in [0.05, 0.1) is 0 Å². The summed E-state index contributed by atoms with van der Waals surface area (Å²) in [6, 6.07) is 0. The number of fused-ring (bicyclic) bond motifs is 2. The third kappa shape index (κ3) is 0.940. The van der Waals surface area contributed by atoms with Crippen molar-refractivity contribution in [3.05, 3.63) is 10.1 Å². The molecule has 2 aliphatic carbocycles. The summed E-state index contributed by atoms with van der Waals surface area (Å²) in [5, 5.41) is 10.7. The van der Waals surface area contributed by atoms with Crippen LogP contribution in [0.2, 0.25) is 0 Å². The molecular formula is C8H13NO2. The molecule has 0 aliphatic heterocycles. The van der Waals surface area contributed by atoms with Gasteiger partial charge in [-0.2, -0.15) is 0 Å². The van der Waals surface area contributed by atoms with Gasteiger partial charge < -0.3 is 0 Å². The lowest BCUT2D eigenvalue weighted by Gasteiger charge is -2.24. The quantitative estimate of drug-likeness (QED) is 0.429. The van der Waals surface area contributed by atoms with E-state index in [4.69, 9.17) is 0 Å². The molecule has 2 aliphatic rings. The van der Waals surface area contributed by atoms with Crippen LogP contribution < -0.4 is 0 Å². The smallest absolute Gasteiger partial charge is 0.222 e. The van der Waals surface area contributed by atoms with Gasteiger partial charge in [-0.1, -0.05) is 0 Å². The molecule has 0 spiro atoms. The first kappa shape index (κ1) is 7.07. The molecule has 0 N–H and O–H groups in total. The SMILES string of the molecule is O=[N+]([O-])C12CCCC(CC1)C2. The third-order valence-corrected chi connectivity index (χ3v) is 3.33. The molecule has 0 aromatic rings. The van der Waals surface area contributed by atoms with E-state index in [2.05, 4.69) is 0 Å². The Balaban J connectivity index is 2.19. The Morgan fingerprint density at radius 3 is 2.82 bits per heavy atom. The van der Waals surface area contributed by atoms with Crippen LogP contribution in [0.4, 0.5) is 0 Å². The molecule has 0 saturated heterocycles. The number of nitrogens with zero attached hydrogens (tertiary/aromatic N) is 1. The van der Waals surface area contributed by atoms with Gasteiger partial charge in [-0.25, -0.2) is 0 Å². The minimum Gasteiger partial charge on any atom is -0.264 e. The minimum atomic E-state index is -0.483. The Morgan fingerprint density at radius 1 is 1.36 bits per heavy atom. The summed E-state index contributed by atoms with van der Waals surface area (Å²) < 4.78 is 0. The zero-order chi connectivity index (χ0) is 7.90. The van der Waals surface area contributed by atoms with E-state index in [1.807, 2.05) is 0 Å². The molecule has 2 unspecified atom stereocenters. The molecule has 0 amide bonds. The van der Waals surface area contributed by atoms with Crippen LogP contribution in [0.3, 0.4) is 0 Å². The second kappa shape index (κ2) is 2.19. The van der Waals surface area contributed by atoms with E-state index in [-0.39, 0.29) is 4.92 Å². The van der Waals surface area contributed by atoms with Crippen LogP contribution in [0.1, 0.15) is 38.5 Å². The average Bonchev–Trinajstić information content (AvgIpc) is 2.29. The van der Waals surface area contributed by atoms with E-state index in [1.54, 1.807) is 0 Å². The van der Waals surface area contributed by atoms with Crippen LogP contribution in [0.25, 0.3) is 0 Å². The molecule has 0 aromatic heterocycles. The Morgan fingerprint density at radius 2 is 2.18 bits per heavy atom. The first-order chi connectivity index (χ1) is 5.23. The summed E-state index contributed by atoms with van der Waals surface area (Å²) >= 11 is 0. The fourth-order valence-electron chi connectivity index (χ4n) is 2.66. The Kier molecular flexibility index (Phi) is 1.41. The van der Waals surface area contributed by atoms with Crippen molar-refractivity contribution in [1.29, 1.82) is 0 Å². The van der Waals surface area contributed by atoms with Gasteiger partial charge in [0.1, 0.15) is 0 Å². The van der Waals surface area contributed by atoms with Gasteiger partial charge in [-0.05, 0) is 25.2 Å². The van der Waals surface area contributed by atoms with Crippen molar-refractivity contribution >= 4 is 0 Å². The van der Waals surface area contributed by atoms with E-state index >= 15 is 0 Å². The van der Waals surface area contributed by atoms with Crippen molar-refractivity contribution in [1.82, 2.24) is 0 Å². The van der Waals surface area contributed by atoms with Gasteiger partial charge in [-0.3, -0.25) is 10.1 Å². The van der Waals surface area contributed by atoms with Crippen LogP contribution >= 0.6 is 0 Å². The van der Waals surface area contributed by atoms with Crippen molar-refractivity contribution in [2.75, 3.05) is 0 Å². The lowest BCUT2D eigenvalue weighted by molar-refractivity contribution is -0.571. The highest BCUT2D eigenvalue weighted by Gasteiger charge is 2.51. The van der Waals surface area contributed by atoms with Gasteiger partial charge in [0.2, 0.25) is 5.54 Å². The summed E-state index contributed by atoms with van der Waals surface area (Å²) in [7, 11) is 0. The fraction of sp³-hybridized carbons (Fsp3) is 1.00. The number of hydrogen-bond donors (Lipinski definition) is 0. The molecule has 0 aromatic carbocycles. The molecule has 0 radical (unpaired) electrons. The highest BCUT2D eigenvalue weighted by atomic mass is 16.6. The second-order valence-corrected chi connectivity index (χ2v) is 3.98. The maximum Gasteiger partial charge on any atom is 0.222 e. The molecular weight excluding hydrogens is 142 g/mol. The van der Waals surface area contributed by atoms with Crippen molar-refractivity contribution < 1.29 is 4.92 Å². The molecule has 2 saturated carbocycles. The van der Waals surface area contributed by atoms with Crippen molar-refractivity contribution in [2.24, 2.45) is 5.92 Å². The Bertz CT molecular complexity index is 189. The lowest BCUT2D eigenvalue weighted by Crippen LogP contribution is -2.37. The van der Waals surface area contributed by atoms with Gasteiger partial charge in [0, 0.05) is 24.2 Å². The van der Waals surface area contributed by atoms with Crippen molar-refractivity contribution in [2.45, 2.75) is 44.1 Å². The highest BCUT2D eigenvalue weighted by Crippen LogP contribution is 2.46. The summed E-state index contributed by atoms with van der Waals surface area (Å²) in [4.78, 5) is 10.7. The summed E-state index contributed by atoms with van der Waals surface area (Å²) in [6.45, 7) is 0. The Hall–Kier alpha value is -0.600. The monoisotopic (exact) mass is 155 g/mol. The highest BCUT2D eigenvalue weighted by molar-refractivity contribution is 4.93. The van der Waals surface area contributed by atoms with Gasteiger partial charge in [0.25, 0.3) is 0 Å². The summed E-state index contributed by atoms with van der Waals surface area (Å²) in [6.07, 6.45) is 5.93. The largest absolute Gasteiger partial charge is 0.264 e. The summed E-state index contributed by atoms with van der Waals surface area (Å²) in [5.41, 5.74) is -0.483. The van der Waals surface area contributed by atoms with Crippen LogP contribution in [0, 0.1) is 16.0 Å². The molecule has 2 rings (SSSR count). The number of rotatable bonds is 1. The van der Waals surface area contributed by atoms with Crippen LogP contribution in [0.15, 0.2) is 0 Å².